The maximum atomic E-state index is 11.0. The van der Waals surface area contributed by atoms with Crippen LogP contribution in [0.5, 0.6) is 5.75 Å². The Morgan fingerprint density at radius 1 is 1.21 bits per heavy atom. The number of fused-ring (bicyclic) bond motifs is 1. The number of aromatic nitrogens is 2. The number of nitro groups is 1. The molecule has 3 aromatic rings. The van der Waals surface area contributed by atoms with Crippen molar-refractivity contribution in [2.24, 2.45) is 0 Å². The van der Waals surface area contributed by atoms with E-state index < -0.39 is 4.92 Å². The van der Waals surface area contributed by atoms with Crippen molar-refractivity contribution >= 4 is 22.5 Å². The van der Waals surface area contributed by atoms with Crippen molar-refractivity contribution < 1.29 is 9.66 Å². The zero-order valence-corrected chi connectivity index (χ0v) is 13.6. The molecule has 0 spiro atoms. The standard InChI is InChI=1S/C17H16N4O3/c1-20(2)17-18-10-14-13(7-8-15(24-3)16(14)19-17)11-5-4-6-12(9-11)21(22)23/h4-10H,1-3H3. The van der Waals surface area contributed by atoms with E-state index in [0.717, 1.165) is 16.5 Å². The van der Waals surface area contributed by atoms with Gasteiger partial charge in [-0.3, -0.25) is 10.1 Å². The largest absolute Gasteiger partial charge is 0.494 e. The summed E-state index contributed by atoms with van der Waals surface area (Å²) in [6.45, 7) is 0. The molecule has 0 N–H and O–H groups in total. The second-order valence-electron chi connectivity index (χ2n) is 5.45. The van der Waals surface area contributed by atoms with Gasteiger partial charge in [-0.15, -0.1) is 0 Å². The quantitative estimate of drug-likeness (QED) is 0.541. The van der Waals surface area contributed by atoms with Crippen LogP contribution >= 0.6 is 0 Å². The lowest BCUT2D eigenvalue weighted by atomic mass is 10.0. The lowest BCUT2D eigenvalue weighted by Gasteiger charge is -2.14. The molecule has 0 atom stereocenters. The Kier molecular flexibility index (Phi) is 3.99. The van der Waals surface area contributed by atoms with Crippen LogP contribution in [-0.4, -0.2) is 36.1 Å². The first kappa shape index (κ1) is 15.7. The Balaban J connectivity index is 2.26. The molecule has 0 fully saturated rings. The summed E-state index contributed by atoms with van der Waals surface area (Å²) in [6.07, 6.45) is 1.72. The molecule has 0 radical (unpaired) electrons. The number of hydrogen-bond donors (Lipinski definition) is 0. The highest BCUT2D eigenvalue weighted by Gasteiger charge is 2.14. The van der Waals surface area contributed by atoms with Gasteiger partial charge in [0.25, 0.3) is 5.69 Å². The van der Waals surface area contributed by atoms with Crippen LogP contribution in [0.25, 0.3) is 22.0 Å². The molecular weight excluding hydrogens is 308 g/mol. The number of nitrogens with zero attached hydrogens (tertiary/aromatic N) is 4. The SMILES string of the molecule is COc1ccc(-c2cccc([N+](=O)[O-])c2)c2cnc(N(C)C)nc12. The monoisotopic (exact) mass is 324 g/mol. The van der Waals surface area contributed by atoms with Gasteiger partial charge in [0.1, 0.15) is 11.3 Å². The van der Waals surface area contributed by atoms with Crippen LogP contribution in [0, 0.1) is 10.1 Å². The number of hydrogen-bond acceptors (Lipinski definition) is 6. The number of benzene rings is 2. The zero-order valence-electron chi connectivity index (χ0n) is 13.6. The van der Waals surface area contributed by atoms with Crippen molar-refractivity contribution in [2.75, 3.05) is 26.1 Å². The van der Waals surface area contributed by atoms with E-state index in [1.807, 2.05) is 32.3 Å². The molecule has 0 bridgehead atoms. The van der Waals surface area contributed by atoms with Gasteiger partial charge in [0, 0.05) is 37.8 Å². The van der Waals surface area contributed by atoms with Gasteiger partial charge < -0.3 is 9.64 Å². The predicted octanol–water partition coefficient (Wildman–Crippen LogP) is 3.28. The normalized spacial score (nSPS) is 10.6. The lowest BCUT2D eigenvalue weighted by molar-refractivity contribution is -0.384. The average molecular weight is 324 g/mol. The van der Waals surface area contributed by atoms with Gasteiger partial charge in [-0.1, -0.05) is 12.1 Å². The Morgan fingerprint density at radius 3 is 2.67 bits per heavy atom. The van der Waals surface area contributed by atoms with Gasteiger partial charge in [-0.05, 0) is 23.3 Å². The molecule has 0 aliphatic rings. The fraction of sp³-hybridized carbons (Fsp3) is 0.176. The Bertz CT molecular complexity index is 925. The van der Waals surface area contributed by atoms with Crippen molar-refractivity contribution in [1.82, 2.24) is 9.97 Å². The van der Waals surface area contributed by atoms with Gasteiger partial charge in [-0.2, -0.15) is 0 Å². The summed E-state index contributed by atoms with van der Waals surface area (Å²) in [7, 11) is 5.30. The molecule has 7 nitrogen and oxygen atoms in total. The van der Waals surface area contributed by atoms with Crippen molar-refractivity contribution in [2.45, 2.75) is 0 Å². The Hall–Kier alpha value is -3.22. The molecule has 0 saturated heterocycles. The van der Waals surface area contributed by atoms with Crippen LogP contribution in [-0.2, 0) is 0 Å². The summed E-state index contributed by atoms with van der Waals surface area (Å²) in [6, 6.07) is 10.2. The van der Waals surface area contributed by atoms with Gasteiger partial charge >= 0.3 is 0 Å². The van der Waals surface area contributed by atoms with E-state index in [1.54, 1.807) is 30.3 Å². The highest BCUT2D eigenvalue weighted by molar-refractivity contribution is 5.98. The van der Waals surface area contributed by atoms with E-state index in [-0.39, 0.29) is 5.69 Å². The minimum Gasteiger partial charge on any atom is -0.494 e. The second-order valence-corrected chi connectivity index (χ2v) is 5.45. The van der Waals surface area contributed by atoms with Gasteiger partial charge in [0.2, 0.25) is 5.95 Å². The molecule has 0 aliphatic carbocycles. The first-order valence-corrected chi connectivity index (χ1v) is 7.27. The van der Waals surface area contributed by atoms with E-state index in [9.17, 15) is 10.1 Å². The molecule has 3 rings (SSSR count). The third kappa shape index (κ3) is 2.71. The van der Waals surface area contributed by atoms with Crippen LogP contribution < -0.4 is 9.64 Å². The van der Waals surface area contributed by atoms with Crippen LogP contribution in [0.1, 0.15) is 0 Å². The molecule has 0 saturated carbocycles. The predicted molar refractivity (Wildman–Crippen MR) is 92.5 cm³/mol. The summed E-state index contributed by atoms with van der Waals surface area (Å²) in [4.78, 5) is 21.3. The Labute approximate surface area is 138 Å². The van der Waals surface area contributed by atoms with Crippen LogP contribution in [0.3, 0.4) is 0 Å². The van der Waals surface area contributed by atoms with E-state index in [2.05, 4.69) is 9.97 Å². The van der Waals surface area contributed by atoms with Crippen molar-refractivity contribution in [3.63, 3.8) is 0 Å². The minimum absolute atomic E-state index is 0.0438. The molecule has 7 heteroatoms. The number of anilines is 1. The topological polar surface area (TPSA) is 81.4 Å². The molecule has 24 heavy (non-hydrogen) atoms. The summed E-state index contributed by atoms with van der Waals surface area (Å²) < 4.78 is 5.40. The number of ether oxygens (including phenoxy) is 1. The molecule has 0 aliphatic heterocycles. The fourth-order valence-corrected chi connectivity index (χ4v) is 2.50. The molecular formula is C17H16N4O3. The summed E-state index contributed by atoms with van der Waals surface area (Å²) >= 11 is 0. The summed E-state index contributed by atoms with van der Waals surface area (Å²) in [5, 5.41) is 11.8. The molecule has 2 aromatic carbocycles. The van der Waals surface area contributed by atoms with E-state index >= 15 is 0 Å². The average Bonchev–Trinajstić information content (AvgIpc) is 2.60. The fourth-order valence-electron chi connectivity index (χ4n) is 2.50. The van der Waals surface area contributed by atoms with Crippen LogP contribution in [0.4, 0.5) is 11.6 Å². The van der Waals surface area contributed by atoms with Gasteiger partial charge in [0.05, 0.1) is 12.0 Å². The smallest absolute Gasteiger partial charge is 0.270 e. The van der Waals surface area contributed by atoms with Crippen molar-refractivity contribution in [1.29, 1.82) is 0 Å². The molecule has 1 aromatic heterocycles. The number of rotatable bonds is 4. The second kappa shape index (κ2) is 6.11. The Morgan fingerprint density at radius 2 is 2.00 bits per heavy atom. The molecule has 1 heterocycles. The van der Waals surface area contributed by atoms with Crippen molar-refractivity contribution in [3.05, 3.63) is 52.7 Å². The summed E-state index contributed by atoms with van der Waals surface area (Å²) in [5.41, 5.74) is 2.26. The third-order valence-corrected chi connectivity index (χ3v) is 3.69. The highest BCUT2D eigenvalue weighted by atomic mass is 16.6. The maximum absolute atomic E-state index is 11.0. The number of methoxy groups -OCH3 is 1. The van der Waals surface area contributed by atoms with Crippen molar-refractivity contribution in [3.8, 4) is 16.9 Å². The van der Waals surface area contributed by atoms with Gasteiger partial charge in [-0.25, -0.2) is 9.97 Å². The third-order valence-electron chi connectivity index (χ3n) is 3.69. The number of nitro benzene ring substituents is 1. The van der Waals surface area contributed by atoms with E-state index in [0.29, 0.717) is 17.2 Å². The summed E-state index contributed by atoms with van der Waals surface area (Å²) in [5.74, 6) is 1.20. The molecule has 0 amide bonds. The number of non-ortho nitro benzene ring substituents is 1. The first-order chi connectivity index (χ1) is 11.5. The molecule has 0 unspecified atom stereocenters. The highest BCUT2D eigenvalue weighted by Crippen LogP contribution is 2.34. The van der Waals surface area contributed by atoms with E-state index in [4.69, 9.17) is 4.74 Å². The van der Waals surface area contributed by atoms with Crippen LogP contribution in [0.2, 0.25) is 0 Å². The van der Waals surface area contributed by atoms with Crippen LogP contribution in [0.15, 0.2) is 42.6 Å². The first-order valence-electron chi connectivity index (χ1n) is 7.27. The maximum Gasteiger partial charge on any atom is 0.270 e. The lowest BCUT2D eigenvalue weighted by Crippen LogP contribution is -2.12. The van der Waals surface area contributed by atoms with E-state index in [1.165, 1.54) is 6.07 Å². The molecule has 122 valence electrons. The zero-order chi connectivity index (χ0) is 17.3. The minimum atomic E-state index is -0.407. The van der Waals surface area contributed by atoms with Gasteiger partial charge in [0.15, 0.2) is 0 Å².